The highest BCUT2D eigenvalue weighted by Gasteiger charge is 2.47. The van der Waals surface area contributed by atoms with Crippen molar-refractivity contribution in [3.63, 3.8) is 0 Å². The van der Waals surface area contributed by atoms with Crippen molar-refractivity contribution in [1.82, 2.24) is 0 Å². The normalized spacial score (nSPS) is 28.1. The number of aliphatic hydroxyl groups is 8. The number of phenols is 4. The van der Waals surface area contributed by atoms with Crippen molar-refractivity contribution in [3.8, 4) is 40.1 Å². The number of phenolic OH excluding ortho intramolecular Hbond substituents is 4. The smallest absolute Gasteiger partial charge is 0.197 e. The summed E-state index contributed by atoms with van der Waals surface area (Å²) in [6, 6.07) is 5.88. The number of carbonyl (C=O) groups is 1. The van der Waals surface area contributed by atoms with Gasteiger partial charge < -0.3 is 79.9 Å². The molecule has 0 saturated carbocycles. The van der Waals surface area contributed by atoms with E-state index in [2.05, 4.69) is 0 Å². The minimum Gasteiger partial charge on any atom is -0.507 e. The van der Waals surface area contributed by atoms with Crippen molar-refractivity contribution in [2.24, 2.45) is 0 Å². The molecule has 6 rings (SSSR count). The quantitative estimate of drug-likeness (QED) is 0.0939. The maximum absolute atomic E-state index is 14.1. The molecule has 2 fully saturated rings. The summed E-state index contributed by atoms with van der Waals surface area (Å²) in [5.74, 6) is -3.97. The number of methoxy groups -OCH3 is 1. The van der Waals surface area contributed by atoms with Crippen LogP contribution < -0.4 is 10.2 Å². The van der Waals surface area contributed by atoms with Gasteiger partial charge in [0.2, 0.25) is 0 Å². The number of hydrogen-bond acceptors (Lipinski definition) is 18. The van der Waals surface area contributed by atoms with Crippen LogP contribution in [0.3, 0.4) is 0 Å². The van der Waals surface area contributed by atoms with Gasteiger partial charge in [0.15, 0.2) is 16.8 Å². The summed E-state index contributed by atoms with van der Waals surface area (Å²) in [7, 11) is 1.20. The van der Waals surface area contributed by atoms with E-state index < -0.39 is 126 Å². The third kappa shape index (κ3) is 6.83. The van der Waals surface area contributed by atoms with Crippen LogP contribution in [0.25, 0.3) is 22.3 Å². The highest BCUT2D eigenvalue weighted by atomic mass is 16.6. The molecule has 2 saturated heterocycles. The van der Waals surface area contributed by atoms with E-state index in [1.54, 1.807) is 6.92 Å². The van der Waals surface area contributed by atoms with Gasteiger partial charge in [0.25, 0.3) is 0 Å². The lowest BCUT2D eigenvalue weighted by Crippen LogP contribution is -2.55. The molecule has 1 aromatic heterocycles. The number of ether oxygens (including phenoxy) is 3. The lowest BCUT2D eigenvalue weighted by Gasteiger charge is -2.40. The van der Waals surface area contributed by atoms with Crippen LogP contribution in [0.2, 0.25) is 0 Å². The maximum atomic E-state index is 14.1. The number of hydrogen-bond donors (Lipinski definition) is 12. The van der Waals surface area contributed by atoms with E-state index in [4.69, 9.17) is 18.6 Å². The summed E-state index contributed by atoms with van der Waals surface area (Å²) in [4.78, 5) is 28.0. The molecule has 0 spiro atoms. The van der Waals surface area contributed by atoms with Crippen LogP contribution in [0.5, 0.6) is 28.7 Å². The first-order valence-electron chi connectivity index (χ1n) is 17.4. The number of rotatable bonds is 9. The highest BCUT2D eigenvalue weighted by molar-refractivity contribution is 6.03. The van der Waals surface area contributed by atoms with E-state index in [1.807, 2.05) is 0 Å². The van der Waals surface area contributed by atoms with Gasteiger partial charge in [-0.15, -0.1) is 0 Å². The van der Waals surface area contributed by atoms with Crippen LogP contribution in [-0.2, 0) is 15.9 Å². The Morgan fingerprint density at radius 1 is 0.714 bits per heavy atom. The molecule has 3 heterocycles. The molecule has 3 aromatic carbocycles. The molecule has 2 aliphatic heterocycles. The SMILES string of the molecule is COc1cc(O)c([C@@H]2O[C@H](CO)[C@@H](O)[C@H](O)[C@H]2O)c2oc(-c3c(O)cc(C)cc3CC(=O)c3c(C)cc(O)c([C@@H]4O[C@H](CO)[C@@H](O)[C@H](O)[C@H]4O)c3O)cc(=O)c12. The van der Waals surface area contributed by atoms with Gasteiger partial charge in [0.1, 0.15) is 101 Å². The summed E-state index contributed by atoms with van der Waals surface area (Å²) >= 11 is 0. The first-order chi connectivity index (χ1) is 26.4. The van der Waals surface area contributed by atoms with Gasteiger partial charge >= 0.3 is 0 Å². The van der Waals surface area contributed by atoms with Gasteiger partial charge in [0.05, 0.1) is 42.6 Å². The summed E-state index contributed by atoms with van der Waals surface area (Å²) in [6.07, 6.45) is -17.9. The zero-order chi connectivity index (χ0) is 41.1. The Labute approximate surface area is 316 Å². The topological polar surface area (TPSA) is 318 Å². The number of ketones is 1. The Balaban J connectivity index is 1.49. The van der Waals surface area contributed by atoms with Crippen molar-refractivity contribution < 1.29 is 84.7 Å². The van der Waals surface area contributed by atoms with Crippen LogP contribution in [0.4, 0.5) is 0 Å². The third-order valence-corrected chi connectivity index (χ3v) is 10.3. The Hall–Kier alpha value is -4.86. The van der Waals surface area contributed by atoms with Crippen LogP contribution in [-0.4, -0.2) is 136 Å². The van der Waals surface area contributed by atoms with E-state index in [-0.39, 0.29) is 44.7 Å². The number of carbonyl (C=O) groups excluding carboxylic acids is 1. The summed E-state index contributed by atoms with van der Waals surface area (Å²) in [6.45, 7) is 1.37. The fraction of sp³-hybridized carbons (Fsp3) is 0.421. The van der Waals surface area contributed by atoms with Crippen LogP contribution in [0.1, 0.15) is 50.4 Å². The Morgan fingerprint density at radius 3 is 1.82 bits per heavy atom. The standard InChI is InChI=1S/C38H42O18/c1-12-4-14(7-17(43)24-13(2)6-16(42)27(31(24)48)37-34(51)32(49)29(46)22(10-39)55-37)25(15(41)5-12)21-9-18(44)26-20(53-3)8-19(45)28(36(26)54-21)38-35(52)33(50)30(47)23(11-40)56-38/h4-6,8-9,22-23,29-30,32-35,37-42,45-52H,7,10-11H2,1-3H3/t22-,23-,29-,30-,32+,33+,34-,35-,37+,38+/m1/s1. The van der Waals surface area contributed by atoms with E-state index in [0.717, 1.165) is 18.2 Å². The zero-order valence-corrected chi connectivity index (χ0v) is 30.1. The second-order valence-corrected chi connectivity index (χ2v) is 14.0. The second kappa shape index (κ2) is 15.6. The molecule has 18 nitrogen and oxygen atoms in total. The molecular weight excluding hydrogens is 744 g/mol. The van der Waals surface area contributed by atoms with E-state index >= 15 is 0 Å². The zero-order valence-electron chi connectivity index (χ0n) is 30.1. The Morgan fingerprint density at radius 2 is 1.27 bits per heavy atom. The van der Waals surface area contributed by atoms with Gasteiger partial charge in [0, 0.05) is 18.6 Å². The van der Waals surface area contributed by atoms with Crippen LogP contribution in [0.15, 0.2) is 39.5 Å². The average molecular weight is 787 g/mol. The minimum absolute atomic E-state index is 0.0396. The fourth-order valence-corrected chi connectivity index (χ4v) is 7.50. The molecule has 2 aliphatic rings. The highest BCUT2D eigenvalue weighted by Crippen LogP contribution is 2.47. The molecule has 56 heavy (non-hydrogen) atoms. The van der Waals surface area contributed by atoms with Crippen LogP contribution in [0, 0.1) is 13.8 Å². The monoisotopic (exact) mass is 786 g/mol. The minimum atomic E-state index is -1.92. The maximum Gasteiger partial charge on any atom is 0.197 e. The molecule has 0 radical (unpaired) electrons. The number of Topliss-reactive ketones (excluding diaryl/α,β-unsaturated/α-hetero) is 1. The third-order valence-electron chi connectivity index (χ3n) is 10.3. The molecule has 10 atom stereocenters. The van der Waals surface area contributed by atoms with Crippen molar-refractivity contribution in [2.75, 3.05) is 20.3 Å². The fourth-order valence-electron chi connectivity index (χ4n) is 7.50. The summed E-state index contributed by atoms with van der Waals surface area (Å²) < 4.78 is 22.7. The number of benzene rings is 3. The number of fused-ring (bicyclic) bond motifs is 1. The number of aromatic hydroxyl groups is 4. The van der Waals surface area contributed by atoms with Crippen molar-refractivity contribution in [3.05, 3.63) is 73.9 Å². The first-order valence-corrected chi connectivity index (χ1v) is 17.4. The van der Waals surface area contributed by atoms with E-state index in [0.29, 0.717) is 5.56 Å². The van der Waals surface area contributed by atoms with Gasteiger partial charge in [-0.25, -0.2) is 0 Å². The van der Waals surface area contributed by atoms with Gasteiger partial charge in [-0.3, -0.25) is 9.59 Å². The van der Waals surface area contributed by atoms with Gasteiger partial charge in [-0.2, -0.15) is 0 Å². The largest absolute Gasteiger partial charge is 0.507 e. The lowest BCUT2D eigenvalue weighted by atomic mass is 9.86. The molecule has 12 N–H and O–H groups in total. The molecule has 0 bridgehead atoms. The van der Waals surface area contributed by atoms with Crippen molar-refractivity contribution in [1.29, 1.82) is 0 Å². The predicted octanol–water partition coefficient (Wildman–Crippen LogP) is -0.637. The average Bonchev–Trinajstić information content (AvgIpc) is 3.13. The van der Waals surface area contributed by atoms with Crippen molar-refractivity contribution >= 4 is 16.8 Å². The van der Waals surface area contributed by atoms with E-state index in [9.17, 15) is 70.9 Å². The Bertz CT molecular complexity index is 2210. The molecule has 302 valence electrons. The second-order valence-electron chi connectivity index (χ2n) is 14.0. The van der Waals surface area contributed by atoms with E-state index in [1.165, 1.54) is 26.2 Å². The lowest BCUT2D eigenvalue weighted by molar-refractivity contribution is -0.232. The molecule has 18 heteroatoms. The van der Waals surface area contributed by atoms with Gasteiger partial charge in [-0.1, -0.05) is 6.07 Å². The van der Waals surface area contributed by atoms with Crippen molar-refractivity contribution in [2.45, 2.75) is 81.3 Å². The summed E-state index contributed by atoms with van der Waals surface area (Å²) in [5.41, 5.74) is -2.18. The predicted molar refractivity (Wildman–Crippen MR) is 191 cm³/mol. The molecule has 0 amide bonds. The summed E-state index contributed by atoms with van der Waals surface area (Å²) in [5, 5.41) is 127. The molecule has 4 aromatic rings. The number of aryl methyl sites for hydroxylation is 2. The molecule has 0 unspecified atom stereocenters. The van der Waals surface area contributed by atoms with Crippen LogP contribution >= 0.6 is 0 Å². The molecular formula is C38H42O18. The number of aliphatic hydroxyl groups excluding tert-OH is 8. The Kier molecular flexibility index (Phi) is 11.4. The van der Waals surface area contributed by atoms with Gasteiger partial charge in [-0.05, 0) is 42.7 Å². The molecule has 0 aliphatic carbocycles. The first kappa shape index (κ1) is 40.8.